The highest BCUT2D eigenvalue weighted by Gasteiger charge is 2.43. The fraction of sp³-hybridized carbons (Fsp3) is 0.321. The van der Waals surface area contributed by atoms with Crippen molar-refractivity contribution in [2.24, 2.45) is 0 Å². The van der Waals surface area contributed by atoms with Crippen molar-refractivity contribution in [2.45, 2.75) is 43.7 Å². The van der Waals surface area contributed by atoms with Crippen LogP contribution in [0.25, 0.3) is 0 Å². The number of para-hydroxylation sites is 1. The summed E-state index contributed by atoms with van der Waals surface area (Å²) in [6.07, 6.45) is 4.16. The Kier molecular flexibility index (Phi) is 5.17. The summed E-state index contributed by atoms with van der Waals surface area (Å²) >= 11 is 0. The van der Waals surface area contributed by atoms with Crippen LogP contribution in [0.3, 0.4) is 0 Å². The van der Waals surface area contributed by atoms with Gasteiger partial charge in [0.15, 0.2) is 11.5 Å². The number of hydrogen-bond acceptors (Lipinski definition) is 4. The summed E-state index contributed by atoms with van der Waals surface area (Å²) < 4.78 is 17.2. The number of hydrogen-bond donors (Lipinski definition) is 0. The van der Waals surface area contributed by atoms with Crippen molar-refractivity contribution in [3.05, 3.63) is 83.9 Å². The first-order valence-corrected chi connectivity index (χ1v) is 11.8. The van der Waals surface area contributed by atoms with E-state index in [-0.39, 0.29) is 18.0 Å². The third kappa shape index (κ3) is 3.92. The fourth-order valence-corrected chi connectivity index (χ4v) is 5.54. The van der Waals surface area contributed by atoms with Crippen LogP contribution in [0.2, 0.25) is 0 Å². The van der Waals surface area contributed by atoms with E-state index >= 15 is 0 Å². The van der Waals surface area contributed by atoms with E-state index in [4.69, 9.17) is 14.2 Å². The zero-order valence-corrected chi connectivity index (χ0v) is 18.5. The SMILES string of the molecule is O=C(c1ccc2c(c1)OCCO2)N1[C@@H]2CC[C@H]1C[C@@H](c1ccc(Oc3ccccc3)cc1)C2. The number of fused-ring (bicyclic) bond motifs is 3. The minimum atomic E-state index is 0.115. The van der Waals surface area contributed by atoms with Crippen LogP contribution in [-0.4, -0.2) is 36.1 Å². The number of ether oxygens (including phenoxy) is 3. The zero-order chi connectivity index (χ0) is 22.2. The molecular weight excluding hydrogens is 414 g/mol. The number of benzene rings is 3. The van der Waals surface area contributed by atoms with E-state index in [1.807, 2.05) is 48.5 Å². The second kappa shape index (κ2) is 8.47. The smallest absolute Gasteiger partial charge is 0.254 e. The van der Waals surface area contributed by atoms with Gasteiger partial charge in [-0.05, 0) is 79.6 Å². The Balaban J connectivity index is 1.15. The number of nitrogens with zero attached hydrogens (tertiary/aromatic N) is 1. The van der Waals surface area contributed by atoms with Gasteiger partial charge in [-0.2, -0.15) is 0 Å². The van der Waals surface area contributed by atoms with Crippen molar-refractivity contribution >= 4 is 5.91 Å². The van der Waals surface area contributed by atoms with Crippen LogP contribution in [-0.2, 0) is 0 Å². The molecule has 3 aliphatic rings. The van der Waals surface area contributed by atoms with Crippen LogP contribution in [0.5, 0.6) is 23.0 Å². The van der Waals surface area contributed by atoms with Gasteiger partial charge in [0.25, 0.3) is 5.91 Å². The Morgan fingerprint density at radius 1 is 0.788 bits per heavy atom. The first kappa shape index (κ1) is 20.2. The maximum atomic E-state index is 13.4. The summed E-state index contributed by atoms with van der Waals surface area (Å²) in [4.78, 5) is 15.6. The average molecular weight is 442 g/mol. The van der Waals surface area contributed by atoms with E-state index in [1.165, 1.54) is 5.56 Å². The van der Waals surface area contributed by atoms with Gasteiger partial charge in [0, 0.05) is 17.6 Å². The number of carbonyl (C=O) groups is 1. The molecule has 3 atom stereocenters. The maximum absolute atomic E-state index is 13.4. The van der Waals surface area contributed by atoms with Crippen LogP contribution in [0, 0.1) is 0 Å². The highest BCUT2D eigenvalue weighted by atomic mass is 16.6. The minimum Gasteiger partial charge on any atom is -0.486 e. The van der Waals surface area contributed by atoms with Gasteiger partial charge in [0.05, 0.1) is 0 Å². The van der Waals surface area contributed by atoms with Gasteiger partial charge < -0.3 is 19.1 Å². The molecule has 3 aliphatic heterocycles. The van der Waals surface area contributed by atoms with Gasteiger partial charge in [0.2, 0.25) is 0 Å². The maximum Gasteiger partial charge on any atom is 0.254 e. The van der Waals surface area contributed by atoms with Gasteiger partial charge in [-0.1, -0.05) is 30.3 Å². The van der Waals surface area contributed by atoms with Gasteiger partial charge >= 0.3 is 0 Å². The lowest BCUT2D eigenvalue weighted by atomic mass is 9.84. The molecule has 6 rings (SSSR count). The van der Waals surface area contributed by atoms with Crippen molar-refractivity contribution < 1.29 is 19.0 Å². The Morgan fingerprint density at radius 2 is 1.45 bits per heavy atom. The van der Waals surface area contributed by atoms with Crippen LogP contribution >= 0.6 is 0 Å². The van der Waals surface area contributed by atoms with E-state index in [2.05, 4.69) is 29.2 Å². The predicted octanol–water partition coefficient (Wildman–Crippen LogP) is 5.80. The van der Waals surface area contributed by atoms with Gasteiger partial charge in [0.1, 0.15) is 24.7 Å². The van der Waals surface area contributed by atoms with E-state index in [0.29, 0.717) is 30.4 Å². The summed E-state index contributed by atoms with van der Waals surface area (Å²) in [5.41, 5.74) is 2.02. The highest BCUT2D eigenvalue weighted by Crippen LogP contribution is 2.44. The molecule has 0 aliphatic carbocycles. The van der Waals surface area contributed by atoms with E-state index in [9.17, 15) is 4.79 Å². The molecular formula is C28H27NO4. The quantitative estimate of drug-likeness (QED) is 0.513. The molecule has 168 valence electrons. The Hall–Kier alpha value is -3.47. The number of rotatable bonds is 4. The van der Waals surface area contributed by atoms with Crippen molar-refractivity contribution in [2.75, 3.05) is 13.2 Å². The molecule has 0 saturated carbocycles. The lowest BCUT2D eigenvalue weighted by molar-refractivity contribution is 0.0570. The summed E-state index contributed by atoms with van der Waals surface area (Å²) in [5, 5.41) is 0. The molecule has 0 radical (unpaired) electrons. The lowest BCUT2D eigenvalue weighted by Gasteiger charge is -2.39. The average Bonchev–Trinajstić information content (AvgIpc) is 3.13. The van der Waals surface area contributed by atoms with Crippen molar-refractivity contribution in [1.29, 1.82) is 0 Å². The predicted molar refractivity (Wildman–Crippen MR) is 125 cm³/mol. The van der Waals surface area contributed by atoms with Gasteiger partial charge in [-0.15, -0.1) is 0 Å². The Bertz CT molecular complexity index is 1130. The zero-order valence-electron chi connectivity index (χ0n) is 18.5. The first-order chi connectivity index (χ1) is 16.2. The third-order valence-electron chi connectivity index (χ3n) is 7.09. The molecule has 5 heteroatoms. The molecule has 0 unspecified atom stereocenters. The summed E-state index contributed by atoms with van der Waals surface area (Å²) in [7, 11) is 0. The molecule has 1 amide bonds. The summed E-state index contributed by atoms with van der Waals surface area (Å²) in [6.45, 7) is 1.08. The standard InChI is InChI=1S/C28H27NO4/c30-28(20-8-13-26-27(18-20)32-15-14-31-26)29-22-9-10-23(29)17-21(16-22)19-6-11-25(12-7-19)33-24-4-2-1-3-5-24/h1-8,11-13,18,21-23H,9-10,14-17H2/t21-,22+,23-. The summed E-state index contributed by atoms with van der Waals surface area (Å²) in [6, 6.07) is 24.4. The first-order valence-electron chi connectivity index (χ1n) is 11.8. The molecule has 3 aromatic carbocycles. The number of amides is 1. The largest absolute Gasteiger partial charge is 0.486 e. The highest BCUT2D eigenvalue weighted by molar-refractivity contribution is 5.95. The summed E-state index contributed by atoms with van der Waals surface area (Å²) in [5.74, 6) is 3.67. The monoisotopic (exact) mass is 441 g/mol. The van der Waals surface area contributed by atoms with Crippen LogP contribution in [0.15, 0.2) is 72.8 Å². The van der Waals surface area contributed by atoms with Crippen LogP contribution < -0.4 is 14.2 Å². The fourth-order valence-electron chi connectivity index (χ4n) is 5.54. The molecule has 0 aromatic heterocycles. The topological polar surface area (TPSA) is 48.0 Å². The molecule has 2 saturated heterocycles. The number of piperidine rings is 1. The molecule has 3 aromatic rings. The van der Waals surface area contributed by atoms with Crippen molar-refractivity contribution in [1.82, 2.24) is 4.90 Å². The van der Waals surface area contributed by atoms with E-state index in [1.54, 1.807) is 0 Å². The van der Waals surface area contributed by atoms with Gasteiger partial charge in [-0.25, -0.2) is 0 Å². The van der Waals surface area contributed by atoms with Crippen molar-refractivity contribution in [3.63, 3.8) is 0 Å². The Labute approximate surface area is 193 Å². The molecule has 5 nitrogen and oxygen atoms in total. The van der Waals surface area contributed by atoms with Crippen molar-refractivity contribution in [3.8, 4) is 23.0 Å². The van der Waals surface area contributed by atoms with Crippen LogP contribution in [0.1, 0.15) is 47.5 Å². The lowest BCUT2D eigenvalue weighted by Crippen LogP contribution is -2.46. The number of carbonyl (C=O) groups excluding carboxylic acids is 1. The molecule has 33 heavy (non-hydrogen) atoms. The molecule has 3 heterocycles. The van der Waals surface area contributed by atoms with Gasteiger partial charge in [-0.3, -0.25) is 4.79 Å². The molecule has 2 bridgehead atoms. The van der Waals surface area contributed by atoms with Crippen LogP contribution in [0.4, 0.5) is 0 Å². The van der Waals surface area contributed by atoms with E-state index < -0.39 is 0 Å². The molecule has 0 N–H and O–H groups in total. The second-order valence-corrected chi connectivity index (χ2v) is 9.11. The van der Waals surface area contributed by atoms with E-state index in [0.717, 1.165) is 42.9 Å². The normalized spacial score (nSPS) is 23.3. The second-order valence-electron chi connectivity index (χ2n) is 9.11. The molecule has 2 fully saturated rings. The third-order valence-corrected chi connectivity index (χ3v) is 7.09. The Morgan fingerprint density at radius 3 is 2.18 bits per heavy atom. The molecule has 0 spiro atoms. The minimum absolute atomic E-state index is 0.115.